The zero-order valence-electron chi connectivity index (χ0n) is 19.7. The highest BCUT2D eigenvalue weighted by atomic mass is 35.5. The molecule has 3 aromatic carbocycles. The second-order valence-electron chi connectivity index (χ2n) is 9.44. The third-order valence-corrected chi connectivity index (χ3v) is 7.57. The van der Waals surface area contributed by atoms with E-state index in [9.17, 15) is 9.90 Å². The van der Waals surface area contributed by atoms with Crippen LogP contribution in [-0.2, 0) is 14.9 Å². The highest BCUT2D eigenvalue weighted by molar-refractivity contribution is 6.33. The van der Waals surface area contributed by atoms with E-state index in [0.717, 1.165) is 35.1 Å². The molecule has 36 heavy (non-hydrogen) atoms. The molecule has 1 atom stereocenters. The average Bonchev–Trinajstić information content (AvgIpc) is 3.60. The third-order valence-electron chi connectivity index (χ3n) is 7.25. The zero-order valence-corrected chi connectivity index (χ0v) is 20.5. The molecule has 1 saturated carbocycles. The first kappa shape index (κ1) is 23.3. The lowest BCUT2D eigenvalue weighted by atomic mass is 9.94. The fraction of sp³-hybridized carbons (Fsp3) is 0.321. The van der Waals surface area contributed by atoms with E-state index in [1.54, 1.807) is 6.07 Å². The number of hydrogen-bond donors (Lipinski definition) is 2. The molecule has 0 aromatic heterocycles. The van der Waals surface area contributed by atoms with Crippen molar-refractivity contribution in [3.05, 3.63) is 76.8 Å². The van der Waals surface area contributed by atoms with Crippen LogP contribution in [0.3, 0.4) is 0 Å². The summed E-state index contributed by atoms with van der Waals surface area (Å²) in [6.45, 7) is 2.85. The van der Waals surface area contributed by atoms with Gasteiger partial charge in [-0.15, -0.1) is 0 Å². The minimum absolute atomic E-state index is 0. The smallest absolute Gasteiger partial charge is 0.235 e. The Morgan fingerprint density at radius 3 is 2.50 bits per heavy atom. The molecule has 3 aliphatic rings. The van der Waals surface area contributed by atoms with Gasteiger partial charge in [0.1, 0.15) is 6.23 Å². The van der Waals surface area contributed by atoms with Gasteiger partial charge in [0, 0.05) is 30.8 Å². The zero-order chi connectivity index (χ0) is 24.7. The molecule has 2 heterocycles. The minimum atomic E-state index is -0.671. The number of aliphatic hydroxyl groups excluding tert-OH is 1. The highest BCUT2D eigenvalue weighted by Crippen LogP contribution is 2.51. The average molecular weight is 509 g/mol. The SMILES string of the molecule is O=C(Nc1ccc(Cl)c(-c2ccc(C(O)N3CCOCC3)cc2)c1)C1(c2ccc3c(c2)OCO3)CC1.[HH]. The van der Waals surface area contributed by atoms with Gasteiger partial charge in [-0.05, 0) is 59.9 Å². The summed E-state index contributed by atoms with van der Waals surface area (Å²) in [7, 11) is 0. The number of anilines is 1. The maximum Gasteiger partial charge on any atom is 0.235 e. The van der Waals surface area contributed by atoms with E-state index in [1.807, 2.05) is 59.5 Å². The molecule has 0 spiro atoms. The van der Waals surface area contributed by atoms with E-state index in [4.69, 9.17) is 25.8 Å². The predicted molar refractivity (Wildman–Crippen MR) is 138 cm³/mol. The summed E-state index contributed by atoms with van der Waals surface area (Å²) in [6.07, 6.45) is 0.896. The van der Waals surface area contributed by atoms with Crippen LogP contribution in [0, 0.1) is 0 Å². The van der Waals surface area contributed by atoms with Crippen LogP contribution in [0.5, 0.6) is 11.5 Å². The Morgan fingerprint density at radius 2 is 1.75 bits per heavy atom. The van der Waals surface area contributed by atoms with Crippen molar-refractivity contribution in [1.29, 1.82) is 0 Å². The van der Waals surface area contributed by atoms with Crippen LogP contribution in [-0.4, -0.2) is 49.0 Å². The van der Waals surface area contributed by atoms with Crippen LogP contribution < -0.4 is 14.8 Å². The van der Waals surface area contributed by atoms with Gasteiger partial charge in [-0.3, -0.25) is 9.69 Å². The van der Waals surface area contributed by atoms with E-state index in [1.165, 1.54) is 0 Å². The molecule has 1 saturated heterocycles. The first-order valence-corrected chi connectivity index (χ1v) is 12.5. The number of ether oxygens (including phenoxy) is 3. The van der Waals surface area contributed by atoms with Gasteiger partial charge in [-0.2, -0.15) is 0 Å². The number of benzene rings is 3. The number of carbonyl (C=O) groups excluding carboxylic acids is 1. The van der Waals surface area contributed by atoms with E-state index in [2.05, 4.69) is 5.32 Å². The summed E-state index contributed by atoms with van der Waals surface area (Å²) in [6, 6.07) is 18.9. The maximum absolute atomic E-state index is 13.3. The number of morpholine rings is 1. The summed E-state index contributed by atoms with van der Waals surface area (Å²) >= 11 is 6.53. The Labute approximate surface area is 216 Å². The molecule has 7 nitrogen and oxygen atoms in total. The second-order valence-corrected chi connectivity index (χ2v) is 9.85. The van der Waals surface area contributed by atoms with Gasteiger partial charge < -0.3 is 24.6 Å². The molecular formula is C28H29ClN2O5. The van der Waals surface area contributed by atoms with Gasteiger partial charge in [-0.1, -0.05) is 41.9 Å². The molecular weight excluding hydrogens is 480 g/mol. The summed E-state index contributed by atoms with van der Waals surface area (Å²) in [5.41, 5.74) is 3.61. The van der Waals surface area contributed by atoms with Crippen molar-refractivity contribution < 1.29 is 25.5 Å². The Bertz CT molecular complexity index is 1290. The number of aliphatic hydroxyl groups is 1. The molecule has 8 heteroatoms. The van der Waals surface area contributed by atoms with Gasteiger partial charge in [0.15, 0.2) is 11.5 Å². The molecule has 0 radical (unpaired) electrons. The number of halogens is 1. The number of nitrogens with zero attached hydrogens (tertiary/aromatic N) is 1. The predicted octanol–water partition coefficient (Wildman–Crippen LogP) is 4.98. The van der Waals surface area contributed by atoms with Crippen molar-refractivity contribution in [2.45, 2.75) is 24.5 Å². The van der Waals surface area contributed by atoms with E-state index in [0.29, 0.717) is 48.5 Å². The van der Waals surface area contributed by atoms with Crippen LogP contribution >= 0.6 is 11.6 Å². The van der Waals surface area contributed by atoms with E-state index < -0.39 is 11.6 Å². The van der Waals surface area contributed by atoms with Crippen LogP contribution in [0.25, 0.3) is 11.1 Å². The quantitative estimate of drug-likeness (QED) is 0.489. The first-order chi connectivity index (χ1) is 17.5. The summed E-state index contributed by atoms with van der Waals surface area (Å²) in [4.78, 5) is 15.3. The Hall–Kier alpha value is -3.10. The Kier molecular flexibility index (Phi) is 6.09. The molecule has 2 N–H and O–H groups in total. The van der Waals surface area contributed by atoms with Crippen LogP contribution in [0.2, 0.25) is 5.02 Å². The van der Waals surface area contributed by atoms with Crippen LogP contribution in [0.15, 0.2) is 60.7 Å². The van der Waals surface area contributed by atoms with Crippen molar-refractivity contribution >= 4 is 23.2 Å². The van der Waals surface area contributed by atoms with Crippen molar-refractivity contribution in [2.24, 2.45) is 0 Å². The lowest BCUT2D eigenvalue weighted by molar-refractivity contribution is -0.118. The van der Waals surface area contributed by atoms with E-state index in [-0.39, 0.29) is 14.1 Å². The van der Waals surface area contributed by atoms with Gasteiger partial charge in [0.2, 0.25) is 12.7 Å². The Morgan fingerprint density at radius 1 is 1.00 bits per heavy atom. The number of nitrogens with one attached hydrogen (secondary N) is 1. The lowest BCUT2D eigenvalue weighted by Gasteiger charge is -2.31. The molecule has 3 aromatic rings. The summed E-state index contributed by atoms with van der Waals surface area (Å²) in [5, 5.41) is 14.4. The topological polar surface area (TPSA) is 80.3 Å². The van der Waals surface area contributed by atoms with Crippen LogP contribution in [0.1, 0.15) is 31.6 Å². The monoisotopic (exact) mass is 508 g/mol. The lowest BCUT2D eigenvalue weighted by Crippen LogP contribution is -2.38. The molecule has 0 bridgehead atoms. The fourth-order valence-electron chi connectivity index (χ4n) is 4.91. The summed E-state index contributed by atoms with van der Waals surface area (Å²) in [5.74, 6) is 1.35. The molecule has 2 aliphatic heterocycles. The first-order valence-electron chi connectivity index (χ1n) is 12.1. The van der Waals surface area contributed by atoms with E-state index >= 15 is 0 Å². The molecule has 6 rings (SSSR count). The normalized spacial score (nSPS) is 19.1. The van der Waals surface area contributed by atoms with Gasteiger partial charge in [0.05, 0.1) is 18.6 Å². The molecule has 188 valence electrons. The largest absolute Gasteiger partial charge is 0.454 e. The standard InChI is InChI=1S/C28H27ClN2O5.H2/c29-23-7-6-21(30-27(33)28(9-10-28)20-5-8-24-25(15-20)36-17-35-24)16-22(23)18-1-3-19(4-2-18)26(32)31-11-13-34-14-12-31;/h1-8,15-16,26,32H,9-14,17H2,(H,30,33);1H. The molecule has 1 amide bonds. The Balaban J connectivity index is 0.00000280. The fourth-order valence-corrected chi connectivity index (χ4v) is 5.14. The number of carbonyl (C=O) groups is 1. The summed E-state index contributed by atoms with van der Waals surface area (Å²) < 4.78 is 16.3. The van der Waals surface area contributed by atoms with Crippen molar-refractivity contribution in [3.8, 4) is 22.6 Å². The number of amides is 1. The minimum Gasteiger partial charge on any atom is -0.454 e. The van der Waals surface area contributed by atoms with Gasteiger partial charge >= 0.3 is 0 Å². The molecule has 2 fully saturated rings. The second kappa shape index (κ2) is 9.41. The van der Waals surface area contributed by atoms with Gasteiger partial charge in [-0.25, -0.2) is 0 Å². The van der Waals surface area contributed by atoms with Gasteiger partial charge in [0.25, 0.3) is 0 Å². The molecule has 1 unspecified atom stereocenters. The number of rotatable bonds is 6. The highest BCUT2D eigenvalue weighted by Gasteiger charge is 2.51. The maximum atomic E-state index is 13.3. The van der Waals surface area contributed by atoms with Crippen molar-refractivity contribution in [2.75, 3.05) is 38.4 Å². The van der Waals surface area contributed by atoms with Crippen LogP contribution in [0.4, 0.5) is 5.69 Å². The number of fused-ring (bicyclic) bond motifs is 1. The number of hydrogen-bond acceptors (Lipinski definition) is 6. The molecule has 1 aliphatic carbocycles. The van der Waals surface area contributed by atoms with Crippen molar-refractivity contribution in [3.63, 3.8) is 0 Å². The third kappa shape index (κ3) is 4.33. The van der Waals surface area contributed by atoms with Crippen molar-refractivity contribution in [1.82, 2.24) is 4.90 Å².